The third kappa shape index (κ3) is 4.07. The van der Waals surface area contributed by atoms with Gasteiger partial charge >= 0.3 is 0 Å². The Morgan fingerprint density at radius 1 is 1.10 bits per heavy atom. The van der Waals surface area contributed by atoms with Gasteiger partial charge in [-0.15, -0.1) is 0 Å². The van der Waals surface area contributed by atoms with Crippen molar-refractivity contribution in [2.24, 2.45) is 0 Å². The van der Waals surface area contributed by atoms with Crippen LogP contribution < -0.4 is 5.32 Å². The lowest BCUT2D eigenvalue weighted by Gasteiger charge is -2.36. The van der Waals surface area contributed by atoms with E-state index in [9.17, 15) is 4.79 Å². The molecule has 0 aliphatic carbocycles. The Hall–Kier alpha value is -1.35. The van der Waals surface area contributed by atoms with Gasteiger partial charge in [-0.1, -0.05) is 25.1 Å². The number of anilines is 1. The zero-order valence-corrected chi connectivity index (χ0v) is 13.6. The Labute approximate surface area is 123 Å². The van der Waals surface area contributed by atoms with Gasteiger partial charge in [-0.25, -0.2) is 0 Å². The summed E-state index contributed by atoms with van der Waals surface area (Å²) in [6, 6.07) is 6.10. The van der Waals surface area contributed by atoms with Crippen molar-refractivity contribution in [1.82, 2.24) is 0 Å². The fraction of sp³-hybridized carbons (Fsp3) is 0.588. The highest BCUT2D eigenvalue weighted by Gasteiger charge is 2.26. The molecule has 0 aromatic heterocycles. The van der Waals surface area contributed by atoms with Crippen molar-refractivity contribution in [2.45, 2.75) is 41.0 Å². The van der Waals surface area contributed by atoms with Gasteiger partial charge in [-0.05, 0) is 45.2 Å². The minimum atomic E-state index is 0.125. The van der Waals surface area contributed by atoms with Crippen molar-refractivity contribution >= 4 is 11.6 Å². The Balaban J connectivity index is 2.81. The van der Waals surface area contributed by atoms with Crippen molar-refractivity contribution < 1.29 is 9.28 Å². The Morgan fingerprint density at radius 2 is 1.65 bits per heavy atom. The highest BCUT2D eigenvalue weighted by molar-refractivity contribution is 5.93. The number of hydrogen-bond donors (Lipinski definition) is 1. The molecule has 1 rings (SSSR count). The van der Waals surface area contributed by atoms with Gasteiger partial charge in [-0.3, -0.25) is 4.79 Å². The minimum Gasteiger partial charge on any atom is -0.321 e. The van der Waals surface area contributed by atoms with Gasteiger partial charge in [0, 0.05) is 5.69 Å². The SMILES string of the molecule is CCC[N+](CC)(CC)CC(=O)Nc1c(C)cccc1C. The van der Waals surface area contributed by atoms with E-state index in [0.717, 1.165) is 47.4 Å². The number of quaternary nitrogens is 1. The third-order valence-corrected chi connectivity index (χ3v) is 4.26. The van der Waals surface area contributed by atoms with E-state index in [1.807, 2.05) is 32.0 Å². The molecule has 0 aliphatic rings. The van der Waals surface area contributed by atoms with Gasteiger partial charge in [0.15, 0.2) is 6.54 Å². The largest absolute Gasteiger partial charge is 0.321 e. The molecule has 3 nitrogen and oxygen atoms in total. The molecule has 0 bridgehead atoms. The van der Waals surface area contributed by atoms with E-state index in [4.69, 9.17) is 0 Å². The van der Waals surface area contributed by atoms with Crippen molar-refractivity contribution in [3.8, 4) is 0 Å². The first-order chi connectivity index (χ1) is 9.48. The third-order valence-electron chi connectivity index (χ3n) is 4.26. The van der Waals surface area contributed by atoms with Crippen LogP contribution in [-0.2, 0) is 4.79 Å². The molecule has 0 radical (unpaired) electrons. The molecule has 20 heavy (non-hydrogen) atoms. The van der Waals surface area contributed by atoms with E-state index < -0.39 is 0 Å². The quantitative estimate of drug-likeness (QED) is 0.759. The number of benzene rings is 1. The van der Waals surface area contributed by atoms with Crippen LogP contribution in [-0.4, -0.2) is 36.6 Å². The molecule has 0 atom stereocenters. The predicted molar refractivity (Wildman–Crippen MR) is 85.9 cm³/mol. The van der Waals surface area contributed by atoms with Gasteiger partial charge < -0.3 is 9.80 Å². The zero-order valence-electron chi connectivity index (χ0n) is 13.6. The highest BCUT2D eigenvalue weighted by atomic mass is 16.2. The monoisotopic (exact) mass is 277 g/mol. The lowest BCUT2D eigenvalue weighted by molar-refractivity contribution is -0.917. The second-order valence-electron chi connectivity index (χ2n) is 5.67. The van der Waals surface area contributed by atoms with Gasteiger partial charge in [0.05, 0.1) is 19.6 Å². The minimum absolute atomic E-state index is 0.125. The lowest BCUT2D eigenvalue weighted by Crippen LogP contribution is -2.52. The molecule has 0 saturated carbocycles. The number of hydrogen-bond acceptors (Lipinski definition) is 1. The second-order valence-corrected chi connectivity index (χ2v) is 5.67. The molecule has 1 amide bonds. The molecule has 0 aliphatic heterocycles. The maximum Gasteiger partial charge on any atom is 0.279 e. The van der Waals surface area contributed by atoms with Crippen LogP contribution in [0, 0.1) is 13.8 Å². The van der Waals surface area contributed by atoms with E-state index in [0.29, 0.717) is 6.54 Å². The van der Waals surface area contributed by atoms with Gasteiger partial charge in [0.25, 0.3) is 5.91 Å². The van der Waals surface area contributed by atoms with Crippen molar-refractivity contribution in [3.63, 3.8) is 0 Å². The number of para-hydroxylation sites is 1. The number of likely N-dealkylation sites (N-methyl/N-ethyl adjacent to an activating group) is 1. The first kappa shape index (κ1) is 16.7. The first-order valence-electron chi connectivity index (χ1n) is 7.69. The number of amides is 1. The number of rotatable bonds is 7. The molecule has 0 heterocycles. The summed E-state index contributed by atoms with van der Waals surface area (Å²) in [6.45, 7) is 14.2. The Morgan fingerprint density at radius 3 is 2.10 bits per heavy atom. The topological polar surface area (TPSA) is 29.1 Å². The summed E-state index contributed by atoms with van der Waals surface area (Å²) in [4.78, 5) is 12.4. The Bertz CT molecular complexity index is 430. The van der Waals surface area contributed by atoms with Crippen LogP contribution in [0.15, 0.2) is 18.2 Å². The molecule has 1 aromatic rings. The average molecular weight is 277 g/mol. The van der Waals surface area contributed by atoms with E-state index in [1.165, 1.54) is 0 Å². The normalized spacial score (nSPS) is 11.4. The van der Waals surface area contributed by atoms with Gasteiger partial charge in [-0.2, -0.15) is 0 Å². The Kier molecular flexibility index (Phi) is 6.21. The van der Waals surface area contributed by atoms with Gasteiger partial charge in [0.2, 0.25) is 0 Å². The van der Waals surface area contributed by atoms with Crippen molar-refractivity contribution in [3.05, 3.63) is 29.3 Å². The van der Waals surface area contributed by atoms with Crippen LogP contribution in [0.1, 0.15) is 38.3 Å². The van der Waals surface area contributed by atoms with Crippen LogP contribution >= 0.6 is 0 Å². The number of aryl methyl sites for hydroxylation is 2. The molecule has 112 valence electrons. The number of carbonyl (C=O) groups is 1. The molecule has 1 aromatic carbocycles. The van der Waals surface area contributed by atoms with E-state index in [2.05, 4.69) is 26.1 Å². The standard InChI is InChI=1S/C17H28N2O/c1-6-12-19(7-2,8-3)13-16(20)18-17-14(4)10-9-11-15(17)5/h9-11H,6-8,12-13H2,1-5H3/p+1. The maximum absolute atomic E-state index is 12.4. The summed E-state index contributed by atoms with van der Waals surface area (Å²) < 4.78 is 0.868. The molecular formula is C17H29N2O+. The smallest absolute Gasteiger partial charge is 0.279 e. The number of nitrogens with zero attached hydrogens (tertiary/aromatic N) is 1. The molecule has 0 spiro atoms. The summed E-state index contributed by atoms with van der Waals surface area (Å²) >= 11 is 0. The van der Waals surface area contributed by atoms with Crippen molar-refractivity contribution in [2.75, 3.05) is 31.5 Å². The summed E-state index contributed by atoms with van der Waals surface area (Å²) in [5.74, 6) is 0.125. The molecular weight excluding hydrogens is 248 g/mol. The van der Waals surface area contributed by atoms with Gasteiger partial charge in [0.1, 0.15) is 0 Å². The van der Waals surface area contributed by atoms with Crippen LogP contribution in [0.25, 0.3) is 0 Å². The van der Waals surface area contributed by atoms with E-state index in [1.54, 1.807) is 0 Å². The summed E-state index contributed by atoms with van der Waals surface area (Å²) in [5.41, 5.74) is 3.22. The average Bonchev–Trinajstić information content (AvgIpc) is 2.42. The second kappa shape index (κ2) is 7.44. The van der Waals surface area contributed by atoms with Crippen molar-refractivity contribution in [1.29, 1.82) is 0 Å². The molecule has 1 N–H and O–H groups in total. The number of carbonyl (C=O) groups excluding carboxylic acids is 1. The fourth-order valence-electron chi connectivity index (χ4n) is 2.81. The van der Waals surface area contributed by atoms with E-state index in [-0.39, 0.29) is 5.91 Å². The van der Waals surface area contributed by atoms with E-state index >= 15 is 0 Å². The predicted octanol–water partition coefficient (Wildman–Crippen LogP) is 3.51. The van der Waals surface area contributed by atoms with Crippen LogP contribution in [0.2, 0.25) is 0 Å². The number of nitrogens with one attached hydrogen (secondary N) is 1. The van der Waals surface area contributed by atoms with Crippen LogP contribution in [0.4, 0.5) is 5.69 Å². The van der Waals surface area contributed by atoms with Crippen LogP contribution in [0.3, 0.4) is 0 Å². The molecule has 0 fully saturated rings. The fourth-order valence-corrected chi connectivity index (χ4v) is 2.81. The first-order valence-corrected chi connectivity index (χ1v) is 7.69. The molecule has 0 saturated heterocycles. The summed E-state index contributed by atoms with van der Waals surface area (Å²) in [6.07, 6.45) is 1.11. The summed E-state index contributed by atoms with van der Waals surface area (Å²) in [5, 5.41) is 3.11. The summed E-state index contributed by atoms with van der Waals surface area (Å²) in [7, 11) is 0. The lowest BCUT2D eigenvalue weighted by atomic mass is 10.1. The molecule has 3 heteroatoms. The maximum atomic E-state index is 12.4. The highest BCUT2D eigenvalue weighted by Crippen LogP contribution is 2.19. The van der Waals surface area contributed by atoms with Crippen LogP contribution in [0.5, 0.6) is 0 Å². The molecule has 0 unspecified atom stereocenters. The zero-order chi connectivity index (χ0) is 15.2.